The van der Waals surface area contributed by atoms with Crippen molar-refractivity contribution in [3.8, 4) is 11.5 Å². The normalized spacial score (nSPS) is 22.3. The first kappa shape index (κ1) is 20.4. The van der Waals surface area contributed by atoms with Crippen molar-refractivity contribution in [2.45, 2.75) is 17.8 Å². The summed E-state index contributed by atoms with van der Waals surface area (Å²) in [7, 11) is 0.0619. The molecule has 2 unspecified atom stereocenters. The van der Waals surface area contributed by atoms with Crippen LogP contribution >= 0.6 is 23.4 Å². The lowest BCUT2D eigenvalue weighted by Crippen LogP contribution is -2.39. The Morgan fingerprint density at radius 1 is 1.17 bits per heavy atom. The number of hydrogen-bond acceptors (Lipinski definition) is 7. The summed E-state index contributed by atoms with van der Waals surface area (Å²) in [5, 5.41) is 1.47. The fourth-order valence-electron chi connectivity index (χ4n) is 3.66. The Bertz CT molecular complexity index is 1060. The fourth-order valence-corrected chi connectivity index (χ4v) is 6.90. The average Bonchev–Trinajstić information content (AvgIpc) is 3.17. The molecule has 0 radical (unpaired) electrons. The second-order valence-electron chi connectivity index (χ2n) is 6.91. The van der Waals surface area contributed by atoms with Crippen LogP contribution in [-0.4, -0.2) is 51.4 Å². The van der Waals surface area contributed by atoms with Crippen LogP contribution in [0.2, 0.25) is 5.02 Å². The quantitative estimate of drug-likeness (QED) is 0.690. The second kappa shape index (κ2) is 8.08. The summed E-state index contributed by atoms with van der Waals surface area (Å²) in [6.07, 6.45) is 0. The molecule has 154 valence electrons. The van der Waals surface area contributed by atoms with Crippen LogP contribution < -0.4 is 14.4 Å². The molecule has 0 spiro atoms. The van der Waals surface area contributed by atoms with Crippen LogP contribution in [0.3, 0.4) is 0 Å². The first-order valence-electron chi connectivity index (χ1n) is 9.07. The first-order valence-corrected chi connectivity index (χ1v) is 12.3. The van der Waals surface area contributed by atoms with Crippen molar-refractivity contribution in [1.82, 2.24) is 0 Å². The number of rotatable bonds is 5. The highest BCUT2D eigenvalue weighted by Crippen LogP contribution is 2.41. The second-order valence-corrected chi connectivity index (χ2v) is 10.4. The number of nitrogens with zero attached hydrogens (tertiary/aromatic N) is 2. The molecule has 9 heteroatoms. The molecule has 0 N–H and O–H groups in total. The summed E-state index contributed by atoms with van der Waals surface area (Å²) >= 11 is 7.84. The van der Waals surface area contributed by atoms with Crippen LogP contribution in [0, 0.1) is 0 Å². The van der Waals surface area contributed by atoms with Gasteiger partial charge in [-0.25, -0.2) is 8.42 Å². The van der Waals surface area contributed by atoms with Crippen LogP contribution in [-0.2, 0) is 15.6 Å². The molecule has 2 atom stereocenters. The summed E-state index contributed by atoms with van der Waals surface area (Å²) in [4.78, 5) is 6.75. The standard InChI is InChI=1S/C20H21ClN2O4S2/c1-26-14-7-8-19(27-2)17(9-14)23-18-12-29(24,25)11-16(18)22-20(23)28-10-13-5-3-4-6-15(13)21/h3-9,16,18H,10-12H2,1-2H3. The monoisotopic (exact) mass is 452 g/mol. The SMILES string of the molecule is COc1ccc(OC)c(N2C(SCc3ccccc3Cl)=NC3CS(=O)(=O)CC32)c1. The maximum atomic E-state index is 12.3. The van der Waals surface area contributed by atoms with Crippen LogP contribution in [0.15, 0.2) is 47.5 Å². The number of hydrogen-bond donors (Lipinski definition) is 0. The zero-order valence-corrected chi connectivity index (χ0v) is 18.4. The zero-order chi connectivity index (χ0) is 20.6. The lowest BCUT2D eigenvalue weighted by atomic mass is 10.1. The van der Waals surface area contributed by atoms with Crippen molar-refractivity contribution in [3.63, 3.8) is 0 Å². The molecule has 2 aromatic carbocycles. The van der Waals surface area contributed by atoms with Gasteiger partial charge in [-0.3, -0.25) is 4.99 Å². The number of sulfone groups is 1. The van der Waals surface area contributed by atoms with Crippen molar-refractivity contribution >= 4 is 44.1 Å². The van der Waals surface area contributed by atoms with E-state index in [0.717, 1.165) is 16.4 Å². The van der Waals surface area contributed by atoms with E-state index in [0.29, 0.717) is 22.3 Å². The molecule has 1 fully saturated rings. The molecule has 0 amide bonds. The number of benzene rings is 2. The Morgan fingerprint density at radius 2 is 1.97 bits per heavy atom. The van der Waals surface area contributed by atoms with Gasteiger partial charge in [-0.2, -0.15) is 0 Å². The van der Waals surface area contributed by atoms with Crippen LogP contribution in [0.5, 0.6) is 11.5 Å². The van der Waals surface area contributed by atoms with E-state index >= 15 is 0 Å². The van der Waals surface area contributed by atoms with Gasteiger partial charge in [0.25, 0.3) is 0 Å². The number of halogens is 1. The van der Waals surface area contributed by atoms with Crippen LogP contribution in [0.25, 0.3) is 0 Å². The average molecular weight is 453 g/mol. The molecule has 2 heterocycles. The molecule has 4 rings (SSSR count). The lowest BCUT2D eigenvalue weighted by Gasteiger charge is -2.28. The molecular formula is C20H21ClN2O4S2. The highest BCUT2D eigenvalue weighted by Gasteiger charge is 2.47. The fraction of sp³-hybridized carbons (Fsp3) is 0.350. The van der Waals surface area contributed by atoms with Crippen molar-refractivity contribution < 1.29 is 17.9 Å². The van der Waals surface area contributed by atoms with E-state index in [1.54, 1.807) is 26.0 Å². The maximum absolute atomic E-state index is 12.3. The van der Waals surface area contributed by atoms with E-state index in [9.17, 15) is 8.42 Å². The largest absolute Gasteiger partial charge is 0.497 e. The van der Waals surface area contributed by atoms with E-state index in [2.05, 4.69) is 0 Å². The van der Waals surface area contributed by atoms with Gasteiger partial charge in [0.05, 0.1) is 43.5 Å². The Kier molecular flexibility index (Phi) is 5.68. The van der Waals surface area contributed by atoms with Gasteiger partial charge in [-0.15, -0.1) is 0 Å². The van der Waals surface area contributed by atoms with Crippen LogP contribution in [0.1, 0.15) is 5.56 Å². The summed E-state index contributed by atoms with van der Waals surface area (Å²) < 4.78 is 35.4. The predicted octanol–water partition coefficient (Wildman–Crippen LogP) is 3.63. The molecule has 6 nitrogen and oxygen atoms in total. The van der Waals surface area contributed by atoms with Gasteiger partial charge >= 0.3 is 0 Å². The number of thioether (sulfide) groups is 1. The number of fused-ring (bicyclic) bond motifs is 1. The number of anilines is 1. The highest BCUT2D eigenvalue weighted by atomic mass is 35.5. The summed E-state index contributed by atoms with van der Waals surface area (Å²) in [6, 6.07) is 12.6. The minimum atomic E-state index is -3.13. The summed E-state index contributed by atoms with van der Waals surface area (Å²) in [6.45, 7) is 0. The molecule has 0 aromatic heterocycles. The third kappa shape index (κ3) is 4.06. The molecule has 2 aromatic rings. The minimum absolute atomic E-state index is 0.0661. The molecule has 0 aliphatic carbocycles. The number of amidine groups is 1. The molecule has 2 aliphatic heterocycles. The topological polar surface area (TPSA) is 68.2 Å². The maximum Gasteiger partial charge on any atom is 0.164 e. The smallest absolute Gasteiger partial charge is 0.164 e. The first-order chi connectivity index (χ1) is 13.9. The molecule has 0 bridgehead atoms. The van der Waals surface area contributed by atoms with Crippen molar-refractivity contribution in [3.05, 3.63) is 53.1 Å². The van der Waals surface area contributed by atoms with Crippen LogP contribution in [0.4, 0.5) is 5.69 Å². The van der Waals surface area contributed by atoms with Gasteiger partial charge in [-0.05, 0) is 23.8 Å². The van der Waals surface area contributed by atoms with Crippen molar-refractivity contribution in [1.29, 1.82) is 0 Å². The molecule has 29 heavy (non-hydrogen) atoms. The Balaban J connectivity index is 1.70. The Labute approximate surface area is 179 Å². The molecule has 0 saturated carbocycles. The molecule has 1 saturated heterocycles. The van der Waals surface area contributed by atoms with Gasteiger partial charge in [0, 0.05) is 16.8 Å². The van der Waals surface area contributed by atoms with Gasteiger partial charge in [-0.1, -0.05) is 41.6 Å². The minimum Gasteiger partial charge on any atom is -0.497 e. The lowest BCUT2D eigenvalue weighted by molar-refractivity contribution is 0.403. The number of ether oxygens (including phenoxy) is 2. The summed E-state index contributed by atoms with van der Waals surface area (Å²) in [5.74, 6) is 2.07. The number of aliphatic imine (C=N–C) groups is 1. The third-order valence-electron chi connectivity index (χ3n) is 5.07. The Morgan fingerprint density at radius 3 is 2.69 bits per heavy atom. The Hall–Kier alpha value is -1.90. The van der Waals surface area contributed by atoms with Gasteiger partial charge < -0.3 is 14.4 Å². The highest BCUT2D eigenvalue weighted by molar-refractivity contribution is 8.13. The van der Waals surface area contributed by atoms with E-state index < -0.39 is 9.84 Å². The van der Waals surface area contributed by atoms with E-state index in [-0.39, 0.29) is 23.6 Å². The van der Waals surface area contributed by atoms with Gasteiger partial charge in [0.15, 0.2) is 15.0 Å². The van der Waals surface area contributed by atoms with E-state index in [1.165, 1.54) is 0 Å². The van der Waals surface area contributed by atoms with Crippen molar-refractivity contribution in [2.75, 3.05) is 30.6 Å². The van der Waals surface area contributed by atoms with Gasteiger partial charge in [0.2, 0.25) is 0 Å². The van der Waals surface area contributed by atoms with Crippen molar-refractivity contribution in [2.24, 2.45) is 4.99 Å². The van der Waals surface area contributed by atoms with Gasteiger partial charge in [0.1, 0.15) is 11.5 Å². The predicted molar refractivity (Wildman–Crippen MR) is 118 cm³/mol. The van der Waals surface area contributed by atoms with E-state index in [1.807, 2.05) is 47.4 Å². The zero-order valence-electron chi connectivity index (χ0n) is 16.0. The summed E-state index contributed by atoms with van der Waals surface area (Å²) in [5.41, 5.74) is 1.76. The number of methoxy groups -OCH3 is 2. The third-order valence-corrected chi connectivity index (χ3v) is 8.15. The molecule has 2 aliphatic rings. The van der Waals surface area contributed by atoms with E-state index in [4.69, 9.17) is 26.1 Å². The molecular weight excluding hydrogens is 432 g/mol.